The van der Waals surface area contributed by atoms with Crippen LogP contribution in [-0.4, -0.2) is 38.9 Å². The van der Waals surface area contributed by atoms with E-state index in [1.54, 1.807) is 0 Å². The van der Waals surface area contributed by atoms with Crippen LogP contribution in [0.4, 0.5) is 0 Å². The van der Waals surface area contributed by atoms with Crippen molar-refractivity contribution in [2.45, 2.75) is 19.3 Å². The van der Waals surface area contributed by atoms with E-state index in [9.17, 15) is 9.59 Å². The van der Waals surface area contributed by atoms with Crippen LogP contribution in [0.2, 0.25) is 0 Å². The molecule has 0 N–H and O–H groups in total. The SMILES string of the molecule is C=CC(=O)OCCOc1ccc(C(C)(C)c2ccc(OCCOC=O)cc2)cc1. The fourth-order valence-electron chi connectivity index (χ4n) is 2.72. The molecule has 0 aliphatic carbocycles. The van der Waals surface area contributed by atoms with Crippen molar-refractivity contribution in [3.8, 4) is 11.5 Å². The van der Waals surface area contributed by atoms with Crippen LogP contribution in [0.5, 0.6) is 11.5 Å². The molecule has 6 heteroatoms. The monoisotopic (exact) mass is 398 g/mol. The molecular weight excluding hydrogens is 372 g/mol. The summed E-state index contributed by atoms with van der Waals surface area (Å²) in [6, 6.07) is 15.7. The standard InChI is InChI=1S/C23H26O6/c1-4-22(25)29-16-15-28-21-11-7-19(8-12-21)23(2,3)18-5-9-20(10-6-18)27-14-13-26-17-24/h4-12,17H,1,13-16H2,2-3H3. The number of ether oxygens (including phenoxy) is 4. The zero-order valence-electron chi connectivity index (χ0n) is 16.8. The Morgan fingerprint density at radius 2 is 1.34 bits per heavy atom. The molecule has 0 amide bonds. The molecular formula is C23H26O6. The average Bonchev–Trinajstić information content (AvgIpc) is 2.75. The van der Waals surface area contributed by atoms with Crippen LogP contribution in [0.25, 0.3) is 0 Å². The van der Waals surface area contributed by atoms with Gasteiger partial charge < -0.3 is 18.9 Å². The van der Waals surface area contributed by atoms with Crippen LogP contribution in [0.15, 0.2) is 61.2 Å². The lowest BCUT2D eigenvalue weighted by atomic mass is 9.78. The van der Waals surface area contributed by atoms with Crippen molar-refractivity contribution >= 4 is 12.4 Å². The van der Waals surface area contributed by atoms with Gasteiger partial charge in [-0.15, -0.1) is 0 Å². The molecule has 6 nitrogen and oxygen atoms in total. The van der Waals surface area contributed by atoms with Gasteiger partial charge >= 0.3 is 5.97 Å². The largest absolute Gasteiger partial charge is 0.490 e. The lowest BCUT2D eigenvalue weighted by Crippen LogP contribution is -2.18. The van der Waals surface area contributed by atoms with E-state index in [4.69, 9.17) is 14.2 Å². The van der Waals surface area contributed by atoms with Crippen molar-refractivity contribution in [3.63, 3.8) is 0 Å². The number of carbonyl (C=O) groups excluding carboxylic acids is 2. The van der Waals surface area contributed by atoms with E-state index in [1.807, 2.05) is 48.5 Å². The van der Waals surface area contributed by atoms with Gasteiger partial charge in [0.1, 0.15) is 37.9 Å². The summed E-state index contributed by atoms with van der Waals surface area (Å²) in [4.78, 5) is 21.1. The summed E-state index contributed by atoms with van der Waals surface area (Å²) in [7, 11) is 0. The first-order valence-electron chi connectivity index (χ1n) is 9.28. The highest BCUT2D eigenvalue weighted by Gasteiger charge is 2.23. The smallest absolute Gasteiger partial charge is 0.330 e. The summed E-state index contributed by atoms with van der Waals surface area (Å²) in [5, 5.41) is 0. The third-order valence-electron chi connectivity index (χ3n) is 4.45. The van der Waals surface area contributed by atoms with Crippen molar-refractivity contribution in [2.75, 3.05) is 26.4 Å². The molecule has 0 aliphatic rings. The molecule has 0 bridgehead atoms. The predicted octanol–water partition coefficient (Wildman–Crippen LogP) is 3.67. The number of carbonyl (C=O) groups is 2. The Balaban J connectivity index is 1.93. The molecule has 2 rings (SSSR count). The van der Waals surface area contributed by atoms with Gasteiger partial charge in [0.05, 0.1) is 0 Å². The Kier molecular flexibility index (Phi) is 8.27. The second-order valence-electron chi connectivity index (χ2n) is 6.71. The molecule has 2 aromatic rings. The van der Waals surface area contributed by atoms with Crippen molar-refractivity contribution in [1.82, 2.24) is 0 Å². The second kappa shape index (κ2) is 10.9. The normalized spacial score (nSPS) is 10.7. The molecule has 0 atom stereocenters. The van der Waals surface area contributed by atoms with Gasteiger partial charge in [-0.05, 0) is 35.4 Å². The Morgan fingerprint density at radius 3 is 1.79 bits per heavy atom. The van der Waals surface area contributed by atoms with Crippen LogP contribution in [0.1, 0.15) is 25.0 Å². The van der Waals surface area contributed by atoms with Crippen LogP contribution in [0.3, 0.4) is 0 Å². The zero-order chi connectivity index (χ0) is 21.1. The Hall–Kier alpha value is -3.28. The van der Waals surface area contributed by atoms with Crippen LogP contribution in [-0.2, 0) is 24.5 Å². The van der Waals surface area contributed by atoms with E-state index in [-0.39, 0.29) is 25.2 Å². The fourth-order valence-corrected chi connectivity index (χ4v) is 2.72. The molecule has 0 fully saturated rings. The van der Waals surface area contributed by atoms with Gasteiger partial charge in [0, 0.05) is 11.5 Å². The summed E-state index contributed by atoms with van der Waals surface area (Å²) in [5.41, 5.74) is 2.06. The molecule has 0 saturated carbocycles. The molecule has 0 unspecified atom stereocenters. The summed E-state index contributed by atoms with van der Waals surface area (Å²) in [6.45, 7) is 9.03. The Morgan fingerprint density at radius 1 is 0.862 bits per heavy atom. The van der Waals surface area contributed by atoms with Crippen LogP contribution >= 0.6 is 0 Å². The maximum atomic E-state index is 11.0. The Bertz CT molecular complexity index is 793. The topological polar surface area (TPSA) is 71.1 Å². The summed E-state index contributed by atoms with van der Waals surface area (Å²) in [5.74, 6) is 0.969. The van der Waals surface area contributed by atoms with E-state index in [0.29, 0.717) is 18.8 Å². The minimum Gasteiger partial charge on any atom is -0.490 e. The summed E-state index contributed by atoms with van der Waals surface area (Å²) >= 11 is 0. The summed E-state index contributed by atoms with van der Waals surface area (Å²) in [6.07, 6.45) is 1.12. The molecule has 0 heterocycles. The predicted molar refractivity (Wildman–Crippen MR) is 109 cm³/mol. The second-order valence-corrected chi connectivity index (χ2v) is 6.71. The number of benzene rings is 2. The van der Waals surface area contributed by atoms with Gasteiger partial charge in [0.15, 0.2) is 0 Å². The third kappa shape index (κ3) is 6.68. The first kappa shape index (κ1) is 22.0. The number of hydrogen-bond donors (Lipinski definition) is 0. The lowest BCUT2D eigenvalue weighted by molar-refractivity contribution is -0.138. The Labute approximate surface area is 171 Å². The first-order valence-corrected chi connectivity index (χ1v) is 9.28. The summed E-state index contributed by atoms with van der Waals surface area (Å²) < 4.78 is 20.6. The molecule has 0 saturated heterocycles. The van der Waals surface area contributed by atoms with E-state index >= 15 is 0 Å². The lowest BCUT2D eigenvalue weighted by Gasteiger charge is -2.26. The maximum absolute atomic E-state index is 11.0. The van der Waals surface area contributed by atoms with Crippen molar-refractivity contribution in [2.24, 2.45) is 0 Å². The van der Waals surface area contributed by atoms with Gasteiger partial charge in [-0.1, -0.05) is 44.7 Å². The van der Waals surface area contributed by atoms with E-state index in [1.165, 1.54) is 0 Å². The molecule has 154 valence electrons. The van der Waals surface area contributed by atoms with Crippen molar-refractivity contribution in [3.05, 3.63) is 72.3 Å². The van der Waals surface area contributed by atoms with Gasteiger partial charge in [0.25, 0.3) is 6.47 Å². The zero-order valence-corrected chi connectivity index (χ0v) is 16.8. The van der Waals surface area contributed by atoms with Gasteiger partial charge in [0.2, 0.25) is 0 Å². The van der Waals surface area contributed by atoms with Crippen molar-refractivity contribution < 1.29 is 28.5 Å². The van der Waals surface area contributed by atoms with E-state index in [0.717, 1.165) is 23.0 Å². The molecule has 29 heavy (non-hydrogen) atoms. The molecule has 0 aliphatic heterocycles. The van der Waals surface area contributed by atoms with Crippen LogP contribution in [0, 0.1) is 0 Å². The first-order chi connectivity index (χ1) is 14.0. The molecule has 2 aromatic carbocycles. The van der Waals surface area contributed by atoms with Gasteiger partial charge in [-0.25, -0.2) is 4.79 Å². The number of hydrogen-bond acceptors (Lipinski definition) is 6. The molecule has 0 spiro atoms. The van der Waals surface area contributed by atoms with Crippen molar-refractivity contribution in [1.29, 1.82) is 0 Å². The van der Waals surface area contributed by atoms with E-state index < -0.39 is 5.97 Å². The quantitative estimate of drug-likeness (QED) is 0.235. The highest BCUT2D eigenvalue weighted by Crippen LogP contribution is 2.33. The fraction of sp³-hybridized carbons (Fsp3) is 0.304. The number of esters is 1. The van der Waals surface area contributed by atoms with E-state index in [2.05, 4.69) is 25.2 Å². The van der Waals surface area contributed by atoms with Crippen LogP contribution < -0.4 is 9.47 Å². The molecule has 0 aromatic heterocycles. The maximum Gasteiger partial charge on any atom is 0.330 e. The minimum absolute atomic E-state index is 0.174. The number of rotatable bonds is 12. The highest BCUT2D eigenvalue weighted by molar-refractivity contribution is 5.81. The minimum atomic E-state index is -0.462. The van der Waals surface area contributed by atoms with Gasteiger partial charge in [-0.2, -0.15) is 0 Å². The highest BCUT2D eigenvalue weighted by atomic mass is 16.6. The third-order valence-corrected chi connectivity index (χ3v) is 4.45. The van der Waals surface area contributed by atoms with Gasteiger partial charge in [-0.3, -0.25) is 4.79 Å². The average molecular weight is 398 g/mol. The molecule has 0 radical (unpaired) electrons.